The monoisotopic (exact) mass is 293 g/mol. The highest BCUT2D eigenvalue weighted by Crippen LogP contribution is 2.36. The van der Waals surface area contributed by atoms with Crippen molar-refractivity contribution in [2.75, 3.05) is 7.05 Å². The van der Waals surface area contributed by atoms with Gasteiger partial charge in [0.15, 0.2) is 0 Å². The first-order valence-electron chi connectivity index (χ1n) is 7.90. The molecule has 1 aliphatic carbocycles. The number of hydrogen-bond acceptors (Lipinski definition) is 3. The van der Waals surface area contributed by atoms with Crippen LogP contribution >= 0.6 is 0 Å². The molecule has 0 radical (unpaired) electrons. The summed E-state index contributed by atoms with van der Waals surface area (Å²) in [7, 11) is 2.04. The lowest BCUT2D eigenvalue weighted by atomic mass is 9.78. The van der Waals surface area contributed by atoms with Crippen molar-refractivity contribution in [3.63, 3.8) is 0 Å². The van der Waals surface area contributed by atoms with Gasteiger partial charge in [-0.3, -0.25) is 14.4 Å². The van der Waals surface area contributed by atoms with Gasteiger partial charge in [-0.05, 0) is 39.8 Å². The van der Waals surface area contributed by atoms with E-state index >= 15 is 0 Å². The maximum Gasteiger partial charge on any atom is 0.305 e. The second-order valence-corrected chi connectivity index (χ2v) is 6.59. The van der Waals surface area contributed by atoms with Gasteiger partial charge in [0.1, 0.15) is 0 Å². The first-order chi connectivity index (χ1) is 9.93. The predicted octanol–water partition coefficient (Wildman–Crippen LogP) is 3.07. The van der Waals surface area contributed by atoms with Crippen molar-refractivity contribution in [2.24, 2.45) is 0 Å². The summed E-state index contributed by atoms with van der Waals surface area (Å²) in [4.78, 5) is 13.5. The molecule has 1 aliphatic rings. The van der Waals surface area contributed by atoms with E-state index in [0.29, 0.717) is 12.6 Å². The number of hydrogen-bond donors (Lipinski definition) is 1. The largest absolute Gasteiger partial charge is 0.481 e. The molecule has 2 rings (SSSR count). The zero-order valence-corrected chi connectivity index (χ0v) is 13.4. The Morgan fingerprint density at radius 2 is 2.10 bits per heavy atom. The van der Waals surface area contributed by atoms with Gasteiger partial charge >= 0.3 is 5.97 Å². The molecule has 0 aliphatic heterocycles. The molecule has 1 aromatic heterocycles. The van der Waals surface area contributed by atoms with E-state index in [1.165, 1.54) is 6.42 Å². The molecule has 0 aromatic carbocycles. The van der Waals surface area contributed by atoms with Gasteiger partial charge in [0.05, 0.1) is 12.1 Å². The van der Waals surface area contributed by atoms with E-state index in [9.17, 15) is 9.90 Å². The molecular formula is C16H27N3O2. The van der Waals surface area contributed by atoms with E-state index in [1.807, 2.05) is 24.0 Å². The number of carboxylic acids is 1. The molecule has 1 aromatic rings. The molecule has 1 saturated carbocycles. The van der Waals surface area contributed by atoms with Gasteiger partial charge in [0.2, 0.25) is 0 Å². The van der Waals surface area contributed by atoms with Gasteiger partial charge in [-0.25, -0.2) is 0 Å². The van der Waals surface area contributed by atoms with E-state index in [4.69, 9.17) is 0 Å². The van der Waals surface area contributed by atoms with E-state index in [2.05, 4.69) is 23.8 Å². The minimum atomic E-state index is -0.698. The molecule has 0 amide bonds. The zero-order valence-electron chi connectivity index (χ0n) is 13.4. The van der Waals surface area contributed by atoms with Crippen LogP contribution in [0.5, 0.6) is 0 Å². The minimum absolute atomic E-state index is 0.203. The minimum Gasteiger partial charge on any atom is -0.481 e. The van der Waals surface area contributed by atoms with Gasteiger partial charge < -0.3 is 5.11 Å². The third-order valence-corrected chi connectivity index (χ3v) is 4.67. The lowest BCUT2D eigenvalue weighted by molar-refractivity contribution is -0.141. The Bertz CT molecular complexity index is 476. The molecule has 0 unspecified atom stereocenters. The van der Waals surface area contributed by atoms with Crippen LogP contribution in [0.3, 0.4) is 0 Å². The Kier molecular flexibility index (Phi) is 5.04. The summed E-state index contributed by atoms with van der Waals surface area (Å²) < 4.78 is 1.95. The summed E-state index contributed by atoms with van der Waals surface area (Å²) in [5.74, 6) is -0.698. The first-order valence-corrected chi connectivity index (χ1v) is 7.90. The Labute approximate surface area is 126 Å². The molecule has 0 bridgehead atoms. The van der Waals surface area contributed by atoms with Gasteiger partial charge in [-0.15, -0.1) is 0 Å². The molecule has 5 heteroatoms. The van der Waals surface area contributed by atoms with Crippen LogP contribution < -0.4 is 0 Å². The Morgan fingerprint density at radius 1 is 1.43 bits per heavy atom. The molecule has 0 saturated heterocycles. The fourth-order valence-electron chi connectivity index (χ4n) is 3.34. The molecule has 1 heterocycles. The van der Waals surface area contributed by atoms with Gasteiger partial charge in [-0.2, -0.15) is 5.10 Å². The van der Waals surface area contributed by atoms with Gasteiger partial charge in [-0.1, -0.05) is 19.3 Å². The molecule has 1 fully saturated rings. The lowest BCUT2D eigenvalue weighted by Crippen LogP contribution is -2.49. The number of aromatic nitrogens is 2. The second kappa shape index (κ2) is 6.60. The Morgan fingerprint density at radius 3 is 2.62 bits per heavy atom. The number of rotatable bonds is 6. The average molecular weight is 293 g/mol. The van der Waals surface area contributed by atoms with Crippen LogP contribution in [0, 0.1) is 0 Å². The van der Waals surface area contributed by atoms with Crippen LogP contribution in [-0.2, 0) is 11.3 Å². The molecule has 21 heavy (non-hydrogen) atoms. The predicted molar refractivity (Wildman–Crippen MR) is 82.1 cm³/mol. The summed E-state index contributed by atoms with van der Waals surface area (Å²) in [6, 6.07) is 2.39. The smallest absolute Gasteiger partial charge is 0.305 e. The average Bonchev–Trinajstić information content (AvgIpc) is 2.87. The van der Waals surface area contributed by atoms with Crippen molar-refractivity contribution in [1.29, 1.82) is 0 Å². The van der Waals surface area contributed by atoms with E-state index < -0.39 is 5.97 Å². The summed E-state index contributed by atoms with van der Waals surface area (Å²) >= 11 is 0. The number of carbonyl (C=O) groups is 1. The fraction of sp³-hybridized carbons (Fsp3) is 0.750. The van der Waals surface area contributed by atoms with Gasteiger partial charge in [0, 0.05) is 24.3 Å². The van der Waals surface area contributed by atoms with Crippen LogP contribution in [0.4, 0.5) is 0 Å². The van der Waals surface area contributed by atoms with Crippen LogP contribution in [0.15, 0.2) is 12.3 Å². The summed E-state index contributed by atoms with van der Waals surface area (Å²) in [5, 5.41) is 13.9. The van der Waals surface area contributed by atoms with Crippen LogP contribution in [0.1, 0.15) is 64.1 Å². The molecule has 0 spiro atoms. The highest BCUT2D eigenvalue weighted by Gasteiger charge is 2.38. The quantitative estimate of drug-likeness (QED) is 0.875. The highest BCUT2D eigenvalue weighted by atomic mass is 16.4. The van der Waals surface area contributed by atoms with Crippen molar-refractivity contribution in [3.05, 3.63) is 18.0 Å². The molecule has 118 valence electrons. The SMILES string of the molecule is CC(C)n1ccc(CN(C)C2(CC(=O)O)CCCCC2)n1. The van der Waals surface area contributed by atoms with Crippen molar-refractivity contribution < 1.29 is 9.90 Å². The van der Waals surface area contributed by atoms with E-state index in [-0.39, 0.29) is 12.0 Å². The maximum atomic E-state index is 11.3. The van der Waals surface area contributed by atoms with Crippen molar-refractivity contribution in [3.8, 4) is 0 Å². The van der Waals surface area contributed by atoms with Crippen molar-refractivity contribution in [1.82, 2.24) is 14.7 Å². The summed E-state index contributed by atoms with van der Waals surface area (Å²) in [5.41, 5.74) is 0.813. The van der Waals surface area contributed by atoms with Gasteiger partial charge in [0.25, 0.3) is 0 Å². The van der Waals surface area contributed by atoms with Crippen molar-refractivity contribution in [2.45, 2.75) is 70.5 Å². The van der Waals surface area contributed by atoms with Crippen molar-refractivity contribution >= 4 is 5.97 Å². The number of nitrogens with zero attached hydrogens (tertiary/aromatic N) is 3. The highest BCUT2D eigenvalue weighted by molar-refractivity contribution is 5.68. The third-order valence-electron chi connectivity index (χ3n) is 4.67. The third kappa shape index (κ3) is 3.84. The molecule has 5 nitrogen and oxygen atoms in total. The zero-order chi connectivity index (χ0) is 15.5. The summed E-state index contributed by atoms with van der Waals surface area (Å²) in [6.45, 7) is 4.92. The van der Waals surface area contributed by atoms with Crippen LogP contribution in [0.2, 0.25) is 0 Å². The second-order valence-electron chi connectivity index (χ2n) is 6.59. The first kappa shape index (κ1) is 16.0. The normalized spacial score (nSPS) is 18.3. The number of carboxylic acid groups (broad SMARTS) is 1. The molecule has 1 N–H and O–H groups in total. The fourth-order valence-corrected chi connectivity index (χ4v) is 3.34. The van der Waals surface area contributed by atoms with Crippen LogP contribution in [0.25, 0.3) is 0 Å². The standard InChI is InChI=1S/C16H27N3O2/c1-13(2)19-10-7-14(17-19)12-18(3)16(11-15(20)21)8-5-4-6-9-16/h7,10,13H,4-6,8-9,11-12H2,1-3H3,(H,20,21). The Balaban J connectivity index is 2.10. The lowest BCUT2D eigenvalue weighted by Gasteiger charge is -2.43. The number of aliphatic carboxylic acids is 1. The van der Waals surface area contributed by atoms with E-state index in [0.717, 1.165) is 31.4 Å². The summed E-state index contributed by atoms with van der Waals surface area (Å²) in [6.07, 6.45) is 7.64. The van der Waals surface area contributed by atoms with Crippen LogP contribution in [-0.4, -0.2) is 38.3 Å². The molecular weight excluding hydrogens is 266 g/mol. The topological polar surface area (TPSA) is 58.4 Å². The maximum absolute atomic E-state index is 11.3. The van der Waals surface area contributed by atoms with E-state index in [1.54, 1.807) is 0 Å². The Hall–Kier alpha value is -1.36. The molecule has 0 atom stereocenters.